The summed E-state index contributed by atoms with van der Waals surface area (Å²) in [5.41, 5.74) is 4.48. The zero-order chi connectivity index (χ0) is 15.6. The number of carbonyl (C=O) groups excluding carboxylic acids is 1. The van der Waals surface area contributed by atoms with E-state index in [4.69, 9.17) is 16.7 Å². The van der Waals surface area contributed by atoms with Crippen molar-refractivity contribution in [3.05, 3.63) is 40.4 Å². The molecule has 0 fully saturated rings. The SMILES string of the molecule is CC1=C/C(=N/NC(=O)c2ccc(Cl)c(S(N)(=O)=O)c2)CC1. The monoisotopic (exact) mass is 327 g/mol. The van der Waals surface area contributed by atoms with Gasteiger partial charge in [-0.3, -0.25) is 4.79 Å². The van der Waals surface area contributed by atoms with E-state index in [1.54, 1.807) is 0 Å². The highest BCUT2D eigenvalue weighted by Gasteiger charge is 2.16. The van der Waals surface area contributed by atoms with Gasteiger partial charge in [-0.25, -0.2) is 19.0 Å². The van der Waals surface area contributed by atoms with Gasteiger partial charge in [-0.2, -0.15) is 5.10 Å². The van der Waals surface area contributed by atoms with Gasteiger partial charge in [0.15, 0.2) is 0 Å². The van der Waals surface area contributed by atoms with Crippen LogP contribution in [0.3, 0.4) is 0 Å². The maximum Gasteiger partial charge on any atom is 0.271 e. The van der Waals surface area contributed by atoms with E-state index in [-0.39, 0.29) is 15.5 Å². The zero-order valence-electron chi connectivity index (χ0n) is 11.3. The Morgan fingerprint density at radius 2 is 2.10 bits per heavy atom. The number of allylic oxidation sites excluding steroid dienone is 2. The second-order valence-electron chi connectivity index (χ2n) is 4.72. The highest BCUT2D eigenvalue weighted by molar-refractivity contribution is 7.89. The lowest BCUT2D eigenvalue weighted by atomic mass is 10.2. The van der Waals surface area contributed by atoms with Crippen molar-refractivity contribution < 1.29 is 13.2 Å². The third kappa shape index (κ3) is 3.90. The molecule has 112 valence electrons. The van der Waals surface area contributed by atoms with Crippen molar-refractivity contribution in [2.75, 3.05) is 0 Å². The molecule has 0 spiro atoms. The van der Waals surface area contributed by atoms with Gasteiger partial charge in [0.05, 0.1) is 10.7 Å². The number of hydrogen-bond donors (Lipinski definition) is 2. The molecule has 0 aliphatic heterocycles. The molecule has 21 heavy (non-hydrogen) atoms. The molecule has 0 saturated heterocycles. The molecule has 2 rings (SSSR count). The molecule has 1 amide bonds. The van der Waals surface area contributed by atoms with E-state index in [2.05, 4.69) is 10.5 Å². The third-order valence-corrected chi connectivity index (χ3v) is 4.38. The van der Waals surface area contributed by atoms with E-state index in [0.717, 1.165) is 24.6 Å². The number of sulfonamides is 1. The standard InChI is InChI=1S/C13H14ClN3O3S/c1-8-2-4-10(6-8)16-17-13(18)9-3-5-11(14)12(7-9)21(15,19)20/h3,5-7H,2,4H2,1H3,(H,17,18)(H2,15,19,20)/b16-10+. The van der Waals surface area contributed by atoms with Gasteiger partial charge < -0.3 is 0 Å². The molecule has 8 heteroatoms. The van der Waals surface area contributed by atoms with Crippen LogP contribution < -0.4 is 10.6 Å². The van der Waals surface area contributed by atoms with Gasteiger partial charge in [0.2, 0.25) is 10.0 Å². The van der Waals surface area contributed by atoms with Crippen LogP contribution in [0.15, 0.2) is 39.8 Å². The van der Waals surface area contributed by atoms with Crippen LogP contribution in [0.2, 0.25) is 5.02 Å². The first kappa shape index (κ1) is 15.7. The smallest absolute Gasteiger partial charge is 0.267 e. The highest BCUT2D eigenvalue weighted by Crippen LogP contribution is 2.21. The van der Waals surface area contributed by atoms with Crippen LogP contribution in [0.5, 0.6) is 0 Å². The summed E-state index contributed by atoms with van der Waals surface area (Å²) in [5.74, 6) is -0.526. The van der Waals surface area contributed by atoms with E-state index in [0.29, 0.717) is 0 Å². The van der Waals surface area contributed by atoms with Crippen molar-refractivity contribution in [3.8, 4) is 0 Å². The fraction of sp³-hybridized carbons (Fsp3) is 0.231. The minimum Gasteiger partial charge on any atom is -0.267 e. The van der Waals surface area contributed by atoms with Gasteiger partial charge in [0.25, 0.3) is 5.91 Å². The second kappa shape index (κ2) is 5.97. The molecule has 0 aromatic heterocycles. The van der Waals surface area contributed by atoms with Crippen molar-refractivity contribution in [1.29, 1.82) is 0 Å². The van der Waals surface area contributed by atoms with E-state index >= 15 is 0 Å². The number of primary sulfonamides is 1. The van der Waals surface area contributed by atoms with Crippen molar-refractivity contribution in [1.82, 2.24) is 5.43 Å². The lowest BCUT2D eigenvalue weighted by Crippen LogP contribution is -2.20. The van der Waals surface area contributed by atoms with Gasteiger partial charge in [0.1, 0.15) is 4.90 Å². The lowest BCUT2D eigenvalue weighted by Gasteiger charge is -2.05. The first-order chi connectivity index (χ1) is 9.77. The Kier molecular flexibility index (Phi) is 4.46. The summed E-state index contributed by atoms with van der Waals surface area (Å²) < 4.78 is 22.7. The minimum atomic E-state index is -3.98. The number of hydrazone groups is 1. The van der Waals surface area contributed by atoms with Gasteiger partial charge in [0, 0.05) is 5.56 Å². The highest BCUT2D eigenvalue weighted by atomic mass is 35.5. The number of rotatable bonds is 3. The summed E-state index contributed by atoms with van der Waals surface area (Å²) in [7, 11) is -3.98. The maximum atomic E-state index is 12.0. The summed E-state index contributed by atoms with van der Waals surface area (Å²) in [6.45, 7) is 1.99. The molecule has 6 nitrogen and oxygen atoms in total. The summed E-state index contributed by atoms with van der Waals surface area (Å²) >= 11 is 5.76. The second-order valence-corrected chi connectivity index (χ2v) is 6.66. The van der Waals surface area contributed by atoms with Crippen LogP contribution in [0.4, 0.5) is 0 Å². The Balaban J connectivity index is 2.21. The van der Waals surface area contributed by atoms with Crippen molar-refractivity contribution in [2.24, 2.45) is 10.2 Å². The minimum absolute atomic E-state index is 0.0327. The molecule has 0 atom stereocenters. The molecule has 1 aliphatic rings. The van der Waals surface area contributed by atoms with Crippen LogP contribution in [0.1, 0.15) is 30.1 Å². The fourth-order valence-electron chi connectivity index (χ4n) is 1.89. The first-order valence-electron chi connectivity index (χ1n) is 6.14. The summed E-state index contributed by atoms with van der Waals surface area (Å²) in [6.07, 6.45) is 3.60. The van der Waals surface area contributed by atoms with Crippen LogP contribution in [0, 0.1) is 0 Å². The van der Waals surface area contributed by atoms with E-state index in [1.165, 1.54) is 17.7 Å². The zero-order valence-corrected chi connectivity index (χ0v) is 12.8. The molecule has 0 unspecified atom stereocenters. The van der Waals surface area contributed by atoms with Crippen LogP contribution >= 0.6 is 11.6 Å². The topological polar surface area (TPSA) is 102 Å². The Morgan fingerprint density at radius 1 is 1.38 bits per heavy atom. The third-order valence-electron chi connectivity index (χ3n) is 2.99. The average Bonchev–Trinajstić information content (AvgIpc) is 2.81. The quantitative estimate of drug-likeness (QED) is 0.828. The predicted molar refractivity (Wildman–Crippen MR) is 80.7 cm³/mol. The molecular formula is C13H14ClN3O3S. The van der Waals surface area contributed by atoms with E-state index in [1.807, 2.05) is 13.0 Å². The Hall–Kier alpha value is -1.70. The van der Waals surface area contributed by atoms with Crippen molar-refractivity contribution >= 4 is 33.2 Å². The van der Waals surface area contributed by atoms with Crippen molar-refractivity contribution in [2.45, 2.75) is 24.7 Å². The normalized spacial score (nSPS) is 16.9. The number of hydrogen-bond acceptors (Lipinski definition) is 4. The molecule has 1 aliphatic carbocycles. The largest absolute Gasteiger partial charge is 0.271 e. The lowest BCUT2D eigenvalue weighted by molar-refractivity contribution is 0.0954. The van der Waals surface area contributed by atoms with E-state index < -0.39 is 15.9 Å². The Labute approximate surface area is 127 Å². The van der Waals surface area contributed by atoms with Crippen LogP contribution in [0.25, 0.3) is 0 Å². The molecule has 0 heterocycles. The molecule has 3 N–H and O–H groups in total. The van der Waals surface area contributed by atoms with Crippen molar-refractivity contribution in [3.63, 3.8) is 0 Å². The molecule has 1 aromatic rings. The number of nitrogens with one attached hydrogen (secondary N) is 1. The maximum absolute atomic E-state index is 12.0. The molecule has 0 saturated carbocycles. The van der Waals surface area contributed by atoms with Crippen LogP contribution in [-0.4, -0.2) is 20.0 Å². The van der Waals surface area contributed by atoms with Crippen LogP contribution in [-0.2, 0) is 10.0 Å². The average molecular weight is 328 g/mol. The number of amides is 1. The van der Waals surface area contributed by atoms with Gasteiger partial charge in [-0.15, -0.1) is 0 Å². The Morgan fingerprint density at radius 3 is 2.67 bits per heavy atom. The number of benzene rings is 1. The molecule has 0 bridgehead atoms. The van der Waals surface area contributed by atoms with E-state index in [9.17, 15) is 13.2 Å². The Bertz CT molecular complexity index is 754. The first-order valence-corrected chi connectivity index (χ1v) is 8.06. The summed E-state index contributed by atoms with van der Waals surface area (Å²) in [6, 6.07) is 3.84. The van der Waals surface area contributed by atoms with Gasteiger partial charge in [-0.05, 0) is 44.0 Å². The number of carbonyl (C=O) groups is 1. The summed E-state index contributed by atoms with van der Waals surface area (Å²) in [5, 5.41) is 8.99. The summed E-state index contributed by atoms with van der Waals surface area (Å²) in [4.78, 5) is 11.7. The number of nitrogens with zero attached hydrogens (tertiary/aromatic N) is 1. The van der Waals surface area contributed by atoms with Gasteiger partial charge >= 0.3 is 0 Å². The molecule has 0 radical (unpaired) electrons. The number of nitrogens with two attached hydrogens (primary N) is 1. The fourth-order valence-corrected chi connectivity index (χ4v) is 2.96. The molecule has 1 aromatic carbocycles. The number of halogens is 1. The molecular weight excluding hydrogens is 314 g/mol. The predicted octanol–water partition coefficient (Wildman–Crippen LogP) is 1.81. The van der Waals surface area contributed by atoms with Gasteiger partial charge in [-0.1, -0.05) is 17.2 Å².